The molecule has 19 heavy (non-hydrogen) atoms. The standard InChI is InChI=1S/C15H21BrFNO/c1-2-18-11-15(5-7-19-8-6-15)10-12-3-4-14(17)13(16)9-12/h3-4,9,18H,2,5-8,10-11H2,1H3. The molecule has 1 fully saturated rings. The van der Waals surface area contributed by atoms with Gasteiger partial charge in [0.05, 0.1) is 4.47 Å². The minimum Gasteiger partial charge on any atom is -0.381 e. The van der Waals surface area contributed by atoms with Crippen LogP contribution in [0.5, 0.6) is 0 Å². The van der Waals surface area contributed by atoms with E-state index in [9.17, 15) is 4.39 Å². The van der Waals surface area contributed by atoms with Crippen LogP contribution in [0, 0.1) is 11.2 Å². The molecule has 0 aromatic heterocycles. The topological polar surface area (TPSA) is 21.3 Å². The molecule has 1 heterocycles. The molecule has 1 aliphatic rings. The number of halogens is 2. The van der Waals surface area contributed by atoms with Gasteiger partial charge in [-0.2, -0.15) is 0 Å². The molecule has 1 saturated heterocycles. The van der Waals surface area contributed by atoms with Gasteiger partial charge in [-0.3, -0.25) is 0 Å². The van der Waals surface area contributed by atoms with Crippen molar-refractivity contribution in [3.8, 4) is 0 Å². The number of nitrogens with one attached hydrogen (secondary N) is 1. The van der Waals surface area contributed by atoms with E-state index in [2.05, 4.69) is 28.2 Å². The SMILES string of the molecule is CCNCC1(Cc2ccc(F)c(Br)c2)CCOCC1. The van der Waals surface area contributed by atoms with Gasteiger partial charge in [0.2, 0.25) is 0 Å². The second-order valence-electron chi connectivity index (χ2n) is 5.32. The summed E-state index contributed by atoms with van der Waals surface area (Å²) >= 11 is 3.27. The normalized spacial score (nSPS) is 18.5. The molecule has 1 aliphatic heterocycles. The zero-order valence-electron chi connectivity index (χ0n) is 11.3. The number of rotatable bonds is 5. The molecule has 0 bridgehead atoms. The molecule has 1 aromatic carbocycles. The average molecular weight is 330 g/mol. The first-order valence-corrected chi connectivity index (χ1v) is 7.67. The van der Waals surface area contributed by atoms with Crippen LogP contribution in [0.1, 0.15) is 25.3 Å². The highest BCUT2D eigenvalue weighted by Gasteiger charge is 2.32. The van der Waals surface area contributed by atoms with E-state index in [1.807, 2.05) is 12.1 Å². The molecule has 1 N–H and O–H groups in total. The molecule has 2 rings (SSSR count). The summed E-state index contributed by atoms with van der Waals surface area (Å²) < 4.78 is 19.3. The van der Waals surface area contributed by atoms with Crippen molar-refractivity contribution < 1.29 is 9.13 Å². The summed E-state index contributed by atoms with van der Waals surface area (Å²) in [5.41, 5.74) is 1.43. The molecular formula is C15H21BrFNO. The van der Waals surface area contributed by atoms with E-state index in [0.717, 1.165) is 45.6 Å². The highest BCUT2D eigenvalue weighted by molar-refractivity contribution is 9.10. The number of benzene rings is 1. The minimum atomic E-state index is -0.198. The van der Waals surface area contributed by atoms with Gasteiger partial charge in [0.15, 0.2) is 0 Å². The monoisotopic (exact) mass is 329 g/mol. The summed E-state index contributed by atoms with van der Waals surface area (Å²) in [6, 6.07) is 5.33. The molecule has 0 unspecified atom stereocenters. The van der Waals surface area contributed by atoms with Gasteiger partial charge in [0.25, 0.3) is 0 Å². The zero-order chi connectivity index (χ0) is 13.7. The summed E-state index contributed by atoms with van der Waals surface area (Å²) in [6.45, 7) is 5.76. The Morgan fingerprint density at radius 2 is 2.11 bits per heavy atom. The second kappa shape index (κ2) is 6.82. The summed E-state index contributed by atoms with van der Waals surface area (Å²) in [6.07, 6.45) is 3.10. The van der Waals surface area contributed by atoms with Crippen molar-refractivity contribution in [2.24, 2.45) is 5.41 Å². The Bertz CT molecular complexity index is 419. The second-order valence-corrected chi connectivity index (χ2v) is 6.17. The summed E-state index contributed by atoms with van der Waals surface area (Å²) in [5, 5.41) is 3.46. The Morgan fingerprint density at radius 3 is 2.74 bits per heavy atom. The van der Waals surface area contributed by atoms with Crippen LogP contribution >= 0.6 is 15.9 Å². The summed E-state index contributed by atoms with van der Waals surface area (Å²) in [7, 11) is 0. The summed E-state index contributed by atoms with van der Waals surface area (Å²) in [4.78, 5) is 0. The highest BCUT2D eigenvalue weighted by Crippen LogP contribution is 2.34. The molecule has 106 valence electrons. The molecule has 2 nitrogen and oxygen atoms in total. The Morgan fingerprint density at radius 1 is 1.37 bits per heavy atom. The lowest BCUT2D eigenvalue weighted by Gasteiger charge is -2.37. The van der Waals surface area contributed by atoms with Crippen molar-refractivity contribution in [1.29, 1.82) is 0 Å². The van der Waals surface area contributed by atoms with Gasteiger partial charge >= 0.3 is 0 Å². The Labute approximate surface area is 122 Å². The number of hydrogen-bond acceptors (Lipinski definition) is 2. The van der Waals surface area contributed by atoms with Crippen LogP contribution in [0.15, 0.2) is 22.7 Å². The fraction of sp³-hybridized carbons (Fsp3) is 0.600. The van der Waals surface area contributed by atoms with E-state index in [1.165, 1.54) is 5.56 Å². The van der Waals surface area contributed by atoms with Gasteiger partial charge < -0.3 is 10.1 Å². The molecular weight excluding hydrogens is 309 g/mol. The number of hydrogen-bond donors (Lipinski definition) is 1. The smallest absolute Gasteiger partial charge is 0.137 e. The van der Waals surface area contributed by atoms with E-state index in [-0.39, 0.29) is 11.2 Å². The lowest BCUT2D eigenvalue weighted by atomic mass is 9.75. The zero-order valence-corrected chi connectivity index (χ0v) is 12.9. The first kappa shape index (κ1) is 14.9. The first-order chi connectivity index (χ1) is 9.15. The Kier molecular flexibility index (Phi) is 5.37. The highest BCUT2D eigenvalue weighted by atomic mass is 79.9. The fourth-order valence-electron chi connectivity index (χ4n) is 2.69. The molecule has 1 aromatic rings. The predicted molar refractivity (Wildman–Crippen MR) is 78.8 cm³/mol. The molecule has 0 saturated carbocycles. The van der Waals surface area contributed by atoms with Crippen LogP contribution in [0.2, 0.25) is 0 Å². The van der Waals surface area contributed by atoms with Gasteiger partial charge in [0.1, 0.15) is 5.82 Å². The van der Waals surface area contributed by atoms with Crippen LogP contribution in [-0.4, -0.2) is 26.3 Å². The minimum absolute atomic E-state index is 0.198. The van der Waals surface area contributed by atoms with Crippen molar-refractivity contribution in [1.82, 2.24) is 5.32 Å². The van der Waals surface area contributed by atoms with Crippen molar-refractivity contribution in [2.75, 3.05) is 26.3 Å². The van der Waals surface area contributed by atoms with Crippen LogP contribution < -0.4 is 5.32 Å². The van der Waals surface area contributed by atoms with Crippen LogP contribution in [0.3, 0.4) is 0 Å². The van der Waals surface area contributed by atoms with Crippen molar-refractivity contribution in [3.05, 3.63) is 34.1 Å². The Hall–Kier alpha value is -0.450. The van der Waals surface area contributed by atoms with E-state index >= 15 is 0 Å². The lowest BCUT2D eigenvalue weighted by molar-refractivity contribution is 0.0151. The van der Waals surface area contributed by atoms with Gasteiger partial charge in [-0.1, -0.05) is 13.0 Å². The maximum atomic E-state index is 13.3. The fourth-order valence-corrected chi connectivity index (χ4v) is 3.12. The molecule has 0 amide bonds. The van der Waals surface area contributed by atoms with E-state index in [0.29, 0.717) is 4.47 Å². The van der Waals surface area contributed by atoms with E-state index in [1.54, 1.807) is 6.07 Å². The molecule has 4 heteroatoms. The maximum absolute atomic E-state index is 13.3. The Balaban J connectivity index is 2.12. The summed E-state index contributed by atoms with van der Waals surface area (Å²) in [5.74, 6) is -0.198. The van der Waals surface area contributed by atoms with E-state index < -0.39 is 0 Å². The third-order valence-electron chi connectivity index (χ3n) is 3.87. The van der Waals surface area contributed by atoms with Crippen LogP contribution in [-0.2, 0) is 11.2 Å². The predicted octanol–water partition coefficient (Wildman–Crippen LogP) is 3.54. The maximum Gasteiger partial charge on any atom is 0.137 e. The van der Waals surface area contributed by atoms with E-state index in [4.69, 9.17) is 4.74 Å². The largest absolute Gasteiger partial charge is 0.381 e. The quantitative estimate of drug-likeness (QED) is 0.892. The lowest BCUT2D eigenvalue weighted by Crippen LogP contribution is -2.40. The van der Waals surface area contributed by atoms with Crippen molar-refractivity contribution in [2.45, 2.75) is 26.2 Å². The first-order valence-electron chi connectivity index (χ1n) is 6.88. The van der Waals surface area contributed by atoms with Gasteiger partial charge in [-0.25, -0.2) is 4.39 Å². The van der Waals surface area contributed by atoms with Crippen LogP contribution in [0.25, 0.3) is 0 Å². The third kappa shape index (κ3) is 4.01. The molecule has 0 atom stereocenters. The van der Waals surface area contributed by atoms with Gasteiger partial charge in [-0.15, -0.1) is 0 Å². The van der Waals surface area contributed by atoms with Crippen molar-refractivity contribution in [3.63, 3.8) is 0 Å². The average Bonchev–Trinajstić information content (AvgIpc) is 2.42. The van der Waals surface area contributed by atoms with Gasteiger partial charge in [-0.05, 0) is 64.8 Å². The van der Waals surface area contributed by atoms with Crippen LogP contribution in [0.4, 0.5) is 4.39 Å². The molecule has 0 aliphatic carbocycles. The van der Waals surface area contributed by atoms with Gasteiger partial charge in [0, 0.05) is 19.8 Å². The van der Waals surface area contributed by atoms with Crippen molar-refractivity contribution >= 4 is 15.9 Å². The number of ether oxygens (including phenoxy) is 1. The molecule has 0 spiro atoms. The molecule has 0 radical (unpaired) electrons. The third-order valence-corrected chi connectivity index (χ3v) is 4.47.